The predicted octanol–water partition coefficient (Wildman–Crippen LogP) is -1.22. The van der Waals surface area contributed by atoms with Crippen molar-refractivity contribution in [3.63, 3.8) is 0 Å². The van der Waals surface area contributed by atoms with Gasteiger partial charge in [-0.2, -0.15) is 0 Å². The van der Waals surface area contributed by atoms with E-state index in [4.69, 9.17) is 14.2 Å². The third-order valence-corrected chi connectivity index (χ3v) is 6.80. The Morgan fingerprint density at radius 3 is 2.36 bits per heavy atom. The van der Waals surface area contributed by atoms with Gasteiger partial charge in [0.15, 0.2) is 6.29 Å². The van der Waals surface area contributed by atoms with Crippen molar-refractivity contribution < 1.29 is 44.8 Å². The van der Waals surface area contributed by atoms with E-state index in [2.05, 4.69) is 0 Å². The van der Waals surface area contributed by atoms with Gasteiger partial charge in [-0.1, -0.05) is 13.8 Å². The number of hydrogen-bond acceptors (Lipinski definition) is 9. The number of ether oxygens (including phenoxy) is 3. The van der Waals surface area contributed by atoms with Gasteiger partial charge in [0.05, 0.1) is 24.6 Å². The van der Waals surface area contributed by atoms with Gasteiger partial charge in [-0.05, 0) is 19.9 Å². The maximum Gasteiger partial charge on any atom is 0.187 e. The second kappa shape index (κ2) is 7.17. The first-order chi connectivity index (χ1) is 12.9. The lowest BCUT2D eigenvalue weighted by atomic mass is 9.54. The van der Waals surface area contributed by atoms with E-state index in [-0.39, 0.29) is 6.42 Å². The number of hydrogen-bond donors (Lipinski definition) is 6. The molecule has 162 valence electrons. The Labute approximate surface area is 164 Å². The van der Waals surface area contributed by atoms with Crippen LogP contribution in [0.4, 0.5) is 0 Å². The van der Waals surface area contributed by atoms with Crippen molar-refractivity contribution >= 4 is 0 Å². The summed E-state index contributed by atoms with van der Waals surface area (Å²) >= 11 is 0. The first kappa shape index (κ1) is 21.9. The van der Waals surface area contributed by atoms with Crippen LogP contribution in [0.1, 0.15) is 40.5 Å². The molecule has 0 amide bonds. The summed E-state index contributed by atoms with van der Waals surface area (Å²) in [4.78, 5) is 0. The SMILES string of the molecule is CC1=CC[C@@]2(O)C(C)(C)[C@@H](O[C@@H]3O[C@H](CO)[C@@H](O)[C@H](O)[C@H]3O)[C@H](O)C[C@@]2(C)O1. The molecular formula is C19H32O9. The van der Waals surface area contributed by atoms with Gasteiger partial charge in [-0.25, -0.2) is 0 Å². The van der Waals surface area contributed by atoms with Gasteiger partial charge in [0.25, 0.3) is 0 Å². The van der Waals surface area contributed by atoms with E-state index in [1.807, 2.05) is 0 Å². The Balaban J connectivity index is 1.88. The van der Waals surface area contributed by atoms with E-state index >= 15 is 0 Å². The number of aliphatic hydroxyl groups excluding tert-OH is 5. The maximum atomic E-state index is 11.6. The van der Waals surface area contributed by atoms with Crippen molar-refractivity contribution in [3.8, 4) is 0 Å². The highest BCUT2D eigenvalue weighted by Crippen LogP contribution is 2.56. The van der Waals surface area contributed by atoms with Crippen molar-refractivity contribution in [1.29, 1.82) is 0 Å². The average molecular weight is 404 g/mol. The Hall–Kier alpha value is -0.780. The molecule has 28 heavy (non-hydrogen) atoms. The lowest BCUT2D eigenvalue weighted by Gasteiger charge is -2.62. The predicted molar refractivity (Wildman–Crippen MR) is 95.9 cm³/mol. The molecule has 1 saturated heterocycles. The van der Waals surface area contributed by atoms with Gasteiger partial charge in [-0.15, -0.1) is 0 Å². The second-order valence-electron chi connectivity index (χ2n) is 8.96. The molecule has 0 aromatic rings. The normalized spacial score (nSPS) is 51.1. The summed E-state index contributed by atoms with van der Waals surface area (Å²) in [5.74, 6) is 0.670. The molecule has 0 bridgehead atoms. The highest BCUT2D eigenvalue weighted by atomic mass is 16.7. The highest BCUT2D eigenvalue weighted by Gasteiger charge is 2.67. The minimum atomic E-state index is -1.59. The lowest BCUT2D eigenvalue weighted by molar-refractivity contribution is -0.357. The van der Waals surface area contributed by atoms with E-state index in [9.17, 15) is 30.6 Å². The van der Waals surface area contributed by atoms with E-state index < -0.39 is 66.1 Å². The molecule has 1 saturated carbocycles. The number of fused-ring (bicyclic) bond motifs is 1. The van der Waals surface area contributed by atoms with Crippen molar-refractivity contribution in [3.05, 3.63) is 11.8 Å². The molecule has 1 aliphatic carbocycles. The minimum Gasteiger partial charge on any atom is -0.489 e. The summed E-state index contributed by atoms with van der Waals surface area (Å²) in [5, 5.41) is 62.0. The van der Waals surface area contributed by atoms with Crippen LogP contribution in [0, 0.1) is 5.41 Å². The van der Waals surface area contributed by atoms with Crippen LogP contribution in [-0.2, 0) is 14.2 Å². The van der Waals surface area contributed by atoms with Crippen LogP contribution in [0.25, 0.3) is 0 Å². The fraction of sp³-hybridized carbons (Fsp3) is 0.895. The van der Waals surface area contributed by atoms with E-state index in [1.165, 1.54) is 0 Å². The summed E-state index contributed by atoms with van der Waals surface area (Å²) in [5.41, 5.74) is -3.45. The molecule has 0 aromatic carbocycles. The lowest BCUT2D eigenvalue weighted by Crippen LogP contribution is -2.74. The summed E-state index contributed by atoms with van der Waals surface area (Å²) in [6.45, 7) is 6.43. The zero-order valence-corrected chi connectivity index (χ0v) is 16.6. The van der Waals surface area contributed by atoms with Crippen LogP contribution in [0.2, 0.25) is 0 Å². The van der Waals surface area contributed by atoms with Gasteiger partial charge in [-0.3, -0.25) is 0 Å². The smallest absolute Gasteiger partial charge is 0.187 e. The van der Waals surface area contributed by atoms with Crippen LogP contribution in [0.15, 0.2) is 11.8 Å². The molecule has 9 nitrogen and oxygen atoms in total. The number of allylic oxidation sites excluding steroid dienone is 1. The topological polar surface area (TPSA) is 149 Å². The summed E-state index contributed by atoms with van der Waals surface area (Å²) in [7, 11) is 0. The molecule has 2 fully saturated rings. The molecule has 0 radical (unpaired) electrons. The molecular weight excluding hydrogens is 372 g/mol. The summed E-state index contributed by atoms with van der Waals surface area (Å²) in [6.07, 6.45) is -7.06. The van der Waals surface area contributed by atoms with Crippen LogP contribution in [0.3, 0.4) is 0 Å². The molecule has 2 aliphatic heterocycles. The summed E-state index contributed by atoms with van der Waals surface area (Å²) < 4.78 is 17.2. The second-order valence-corrected chi connectivity index (χ2v) is 8.96. The monoisotopic (exact) mass is 404 g/mol. The average Bonchev–Trinajstić information content (AvgIpc) is 2.61. The number of aliphatic hydroxyl groups is 6. The Morgan fingerprint density at radius 2 is 1.75 bits per heavy atom. The Morgan fingerprint density at radius 1 is 1.11 bits per heavy atom. The third kappa shape index (κ3) is 3.09. The van der Waals surface area contributed by atoms with Gasteiger partial charge in [0, 0.05) is 18.3 Å². The van der Waals surface area contributed by atoms with E-state index in [0.29, 0.717) is 12.2 Å². The maximum absolute atomic E-state index is 11.6. The van der Waals surface area contributed by atoms with Crippen molar-refractivity contribution in [1.82, 2.24) is 0 Å². The molecule has 2 heterocycles. The molecule has 9 atom stereocenters. The first-order valence-corrected chi connectivity index (χ1v) is 9.60. The molecule has 3 rings (SSSR count). The highest BCUT2D eigenvalue weighted by molar-refractivity contribution is 5.22. The van der Waals surface area contributed by atoms with Gasteiger partial charge < -0.3 is 44.8 Å². The third-order valence-electron chi connectivity index (χ3n) is 6.80. The van der Waals surface area contributed by atoms with Crippen LogP contribution in [-0.4, -0.2) is 91.4 Å². The van der Waals surface area contributed by atoms with Crippen molar-refractivity contribution in [2.24, 2.45) is 5.41 Å². The molecule has 3 aliphatic rings. The quantitative estimate of drug-likeness (QED) is 0.340. The molecule has 0 aromatic heterocycles. The van der Waals surface area contributed by atoms with Crippen LogP contribution < -0.4 is 0 Å². The zero-order chi connectivity index (χ0) is 21.1. The first-order valence-electron chi connectivity index (χ1n) is 9.60. The molecule has 0 unspecified atom stereocenters. The van der Waals surface area contributed by atoms with Gasteiger partial charge in [0.1, 0.15) is 35.6 Å². The fourth-order valence-electron chi connectivity index (χ4n) is 4.95. The Bertz CT molecular complexity index is 621. The van der Waals surface area contributed by atoms with Crippen molar-refractivity contribution in [2.75, 3.05) is 6.61 Å². The van der Waals surface area contributed by atoms with E-state index in [0.717, 1.165) is 0 Å². The molecule has 9 heteroatoms. The summed E-state index contributed by atoms with van der Waals surface area (Å²) in [6, 6.07) is 0. The minimum absolute atomic E-state index is 0.0835. The van der Waals surface area contributed by atoms with Gasteiger partial charge >= 0.3 is 0 Å². The van der Waals surface area contributed by atoms with Gasteiger partial charge in [0.2, 0.25) is 0 Å². The molecule has 6 N–H and O–H groups in total. The standard InChI is InChI=1S/C19H32O9/c1-9-5-6-19(25)17(2,3)15(10(21)7-18(19,4)28-9)27-16-14(24)13(23)12(22)11(8-20)26-16/h5,10-16,20-25H,6-8H2,1-4H3/t10-,11-,12-,13+,14-,15+,16+,18-,19-/m1/s1. The van der Waals surface area contributed by atoms with Crippen molar-refractivity contribution in [2.45, 2.75) is 94.7 Å². The largest absolute Gasteiger partial charge is 0.489 e. The molecule has 0 spiro atoms. The number of rotatable bonds is 3. The fourth-order valence-corrected chi connectivity index (χ4v) is 4.95. The zero-order valence-electron chi connectivity index (χ0n) is 16.6. The Kier molecular flexibility index (Phi) is 5.61. The van der Waals surface area contributed by atoms with Crippen LogP contribution >= 0.6 is 0 Å². The van der Waals surface area contributed by atoms with Crippen LogP contribution in [0.5, 0.6) is 0 Å². The van der Waals surface area contributed by atoms with E-state index in [1.54, 1.807) is 33.8 Å².